The monoisotopic (exact) mass is 299 g/mol. The van der Waals surface area contributed by atoms with Gasteiger partial charge in [-0.2, -0.15) is 0 Å². The van der Waals surface area contributed by atoms with E-state index in [9.17, 15) is 13.5 Å². The molecule has 2 N–H and O–H groups in total. The van der Waals surface area contributed by atoms with Crippen molar-refractivity contribution in [2.45, 2.75) is 31.9 Å². The van der Waals surface area contributed by atoms with Crippen LogP contribution in [0.2, 0.25) is 0 Å². The van der Waals surface area contributed by atoms with Crippen LogP contribution in [0.4, 0.5) is 0 Å². The molecule has 2 aromatic heterocycles. The fourth-order valence-corrected chi connectivity index (χ4v) is 3.46. The van der Waals surface area contributed by atoms with Crippen molar-refractivity contribution in [3.8, 4) is 0 Å². The van der Waals surface area contributed by atoms with E-state index in [4.69, 9.17) is 4.42 Å². The van der Waals surface area contributed by atoms with Crippen LogP contribution in [-0.4, -0.2) is 23.1 Å². The smallest absolute Gasteiger partial charge is 0.244 e. The van der Waals surface area contributed by atoms with E-state index in [2.05, 4.69) is 9.71 Å². The van der Waals surface area contributed by atoms with Gasteiger partial charge in [-0.05, 0) is 13.8 Å². The summed E-state index contributed by atoms with van der Waals surface area (Å²) in [5.41, 5.74) is 0.287. The standard InChI is InChI=1S/C12H17N3O4S/c1-8-10(7-16)12(9(2)19-8)20(17,18)14-6-11-13-4-5-15(11)3/h4-5,14,16H,6-7H2,1-3H3. The van der Waals surface area contributed by atoms with Crippen LogP contribution >= 0.6 is 0 Å². The molecule has 0 saturated carbocycles. The van der Waals surface area contributed by atoms with Gasteiger partial charge in [-0.15, -0.1) is 0 Å². The summed E-state index contributed by atoms with van der Waals surface area (Å²) >= 11 is 0. The molecule has 0 bridgehead atoms. The summed E-state index contributed by atoms with van der Waals surface area (Å²) in [6.45, 7) is 2.86. The number of aliphatic hydroxyl groups is 1. The predicted molar refractivity (Wildman–Crippen MR) is 71.3 cm³/mol. The van der Waals surface area contributed by atoms with E-state index in [1.54, 1.807) is 37.9 Å². The summed E-state index contributed by atoms with van der Waals surface area (Å²) in [6, 6.07) is 0. The van der Waals surface area contributed by atoms with Crippen molar-refractivity contribution in [2.24, 2.45) is 7.05 Å². The van der Waals surface area contributed by atoms with Crippen molar-refractivity contribution in [3.05, 3.63) is 35.3 Å². The first-order valence-corrected chi connectivity index (χ1v) is 7.50. The van der Waals surface area contributed by atoms with Crippen LogP contribution in [0, 0.1) is 13.8 Å². The molecule has 0 aromatic carbocycles. The quantitative estimate of drug-likeness (QED) is 0.842. The summed E-state index contributed by atoms with van der Waals surface area (Å²) in [6.07, 6.45) is 3.33. The highest BCUT2D eigenvalue weighted by molar-refractivity contribution is 7.89. The lowest BCUT2D eigenvalue weighted by molar-refractivity contribution is 0.276. The van der Waals surface area contributed by atoms with Gasteiger partial charge in [0.2, 0.25) is 10.0 Å². The molecule has 0 saturated heterocycles. The highest BCUT2D eigenvalue weighted by Gasteiger charge is 2.26. The Morgan fingerprint density at radius 3 is 2.65 bits per heavy atom. The highest BCUT2D eigenvalue weighted by atomic mass is 32.2. The fourth-order valence-electron chi connectivity index (χ4n) is 2.04. The van der Waals surface area contributed by atoms with E-state index in [1.165, 1.54) is 0 Å². The number of nitrogens with one attached hydrogen (secondary N) is 1. The Morgan fingerprint density at radius 2 is 2.10 bits per heavy atom. The molecule has 110 valence electrons. The Hall–Kier alpha value is -1.64. The van der Waals surface area contributed by atoms with Crippen molar-refractivity contribution < 1.29 is 17.9 Å². The van der Waals surface area contributed by atoms with E-state index in [1.807, 2.05) is 0 Å². The van der Waals surface area contributed by atoms with Crippen molar-refractivity contribution >= 4 is 10.0 Å². The Kier molecular flexibility index (Phi) is 3.98. The fraction of sp³-hybridized carbons (Fsp3) is 0.417. The molecule has 2 heterocycles. The number of sulfonamides is 1. The predicted octanol–water partition coefficient (Wildman–Crippen LogP) is 0.601. The van der Waals surface area contributed by atoms with Crippen LogP contribution in [0.3, 0.4) is 0 Å². The summed E-state index contributed by atoms with van der Waals surface area (Å²) in [5, 5.41) is 9.30. The van der Waals surface area contributed by atoms with Gasteiger partial charge in [-0.3, -0.25) is 0 Å². The van der Waals surface area contributed by atoms with E-state index in [0.29, 0.717) is 11.6 Å². The molecular formula is C12H17N3O4S. The minimum Gasteiger partial charge on any atom is -0.465 e. The Morgan fingerprint density at radius 1 is 1.40 bits per heavy atom. The van der Waals surface area contributed by atoms with E-state index < -0.39 is 10.0 Å². The zero-order valence-corrected chi connectivity index (χ0v) is 12.4. The molecule has 0 atom stereocenters. The summed E-state index contributed by atoms with van der Waals surface area (Å²) in [5.74, 6) is 1.26. The van der Waals surface area contributed by atoms with Crippen LogP contribution < -0.4 is 4.72 Å². The number of aliphatic hydroxyl groups excluding tert-OH is 1. The van der Waals surface area contributed by atoms with Crippen molar-refractivity contribution in [2.75, 3.05) is 0 Å². The molecule has 8 heteroatoms. The Balaban J connectivity index is 2.29. The zero-order chi connectivity index (χ0) is 14.9. The molecule has 0 spiro atoms. The lowest BCUT2D eigenvalue weighted by Crippen LogP contribution is -2.25. The molecule has 0 aliphatic rings. The minimum atomic E-state index is -3.76. The molecule has 0 amide bonds. The van der Waals surface area contributed by atoms with Crippen molar-refractivity contribution in [3.63, 3.8) is 0 Å². The Bertz CT molecular complexity index is 715. The summed E-state index contributed by atoms with van der Waals surface area (Å²) in [7, 11) is -1.98. The van der Waals surface area contributed by atoms with Gasteiger partial charge in [0.25, 0.3) is 0 Å². The largest absolute Gasteiger partial charge is 0.465 e. The first-order chi connectivity index (χ1) is 9.36. The van der Waals surface area contributed by atoms with Crippen molar-refractivity contribution in [1.29, 1.82) is 0 Å². The Labute approximate surface area is 117 Å². The molecule has 7 nitrogen and oxygen atoms in total. The molecular weight excluding hydrogens is 282 g/mol. The average molecular weight is 299 g/mol. The number of hydrogen-bond acceptors (Lipinski definition) is 5. The molecule has 20 heavy (non-hydrogen) atoms. The van der Waals surface area contributed by atoms with Gasteiger partial charge in [0.15, 0.2) is 0 Å². The summed E-state index contributed by atoms with van der Waals surface area (Å²) < 4.78 is 34.1. The van der Waals surface area contributed by atoms with Gasteiger partial charge >= 0.3 is 0 Å². The maximum Gasteiger partial charge on any atom is 0.244 e. The van der Waals surface area contributed by atoms with Gasteiger partial charge in [0, 0.05) is 25.0 Å². The van der Waals surface area contributed by atoms with Crippen molar-refractivity contribution in [1.82, 2.24) is 14.3 Å². The third kappa shape index (κ3) is 2.62. The average Bonchev–Trinajstić information content (AvgIpc) is 2.90. The third-order valence-electron chi connectivity index (χ3n) is 3.09. The number of hydrogen-bond donors (Lipinski definition) is 2. The highest BCUT2D eigenvalue weighted by Crippen LogP contribution is 2.26. The van der Waals surface area contributed by atoms with Crippen LogP contribution in [0.5, 0.6) is 0 Å². The molecule has 0 aliphatic heterocycles. The second-order valence-electron chi connectivity index (χ2n) is 4.46. The minimum absolute atomic E-state index is 0.00621. The maximum atomic E-state index is 12.3. The van der Waals surface area contributed by atoms with Crippen LogP contribution in [0.25, 0.3) is 0 Å². The second kappa shape index (κ2) is 5.39. The van der Waals surface area contributed by atoms with E-state index >= 15 is 0 Å². The second-order valence-corrected chi connectivity index (χ2v) is 6.16. The number of furan rings is 1. The SMILES string of the molecule is Cc1oc(C)c(S(=O)(=O)NCc2nccn2C)c1CO. The van der Waals surface area contributed by atoms with Gasteiger partial charge in [0.05, 0.1) is 13.2 Å². The van der Waals surface area contributed by atoms with Gasteiger partial charge in [0.1, 0.15) is 22.2 Å². The molecule has 2 rings (SSSR count). The van der Waals surface area contributed by atoms with E-state index in [0.717, 1.165) is 0 Å². The number of imidazole rings is 1. The topological polar surface area (TPSA) is 97.4 Å². The molecule has 0 unspecified atom stereocenters. The van der Waals surface area contributed by atoms with Crippen LogP contribution in [0.15, 0.2) is 21.7 Å². The van der Waals surface area contributed by atoms with Gasteiger partial charge in [-0.1, -0.05) is 0 Å². The van der Waals surface area contributed by atoms with Crippen LogP contribution in [0.1, 0.15) is 22.9 Å². The number of aryl methyl sites for hydroxylation is 3. The lowest BCUT2D eigenvalue weighted by Gasteiger charge is -2.07. The normalized spacial score (nSPS) is 12.0. The molecule has 2 aromatic rings. The number of aromatic nitrogens is 2. The molecule has 0 radical (unpaired) electrons. The third-order valence-corrected chi connectivity index (χ3v) is 4.69. The lowest BCUT2D eigenvalue weighted by atomic mass is 10.2. The number of rotatable bonds is 5. The maximum absolute atomic E-state index is 12.3. The molecule has 0 fully saturated rings. The van der Waals surface area contributed by atoms with Gasteiger partial charge < -0.3 is 14.1 Å². The van der Waals surface area contributed by atoms with Crippen LogP contribution in [-0.2, 0) is 30.2 Å². The first kappa shape index (κ1) is 14.8. The summed E-state index contributed by atoms with van der Waals surface area (Å²) in [4.78, 5) is 4.05. The number of nitrogens with zero attached hydrogens (tertiary/aromatic N) is 2. The van der Waals surface area contributed by atoms with Gasteiger partial charge in [-0.25, -0.2) is 18.1 Å². The molecule has 0 aliphatic carbocycles. The zero-order valence-electron chi connectivity index (χ0n) is 11.5. The van der Waals surface area contributed by atoms with E-state index in [-0.39, 0.29) is 29.4 Å². The first-order valence-electron chi connectivity index (χ1n) is 6.02.